The molecule has 7 nitrogen and oxygen atoms in total. The number of piperazine rings is 1. The molecule has 0 atom stereocenters. The van der Waals surface area contributed by atoms with Crippen LogP contribution in [0, 0.1) is 0 Å². The van der Waals surface area contributed by atoms with Crippen LogP contribution >= 0.6 is 0 Å². The number of hydrogen-bond donors (Lipinski definition) is 1. The van der Waals surface area contributed by atoms with Crippen molar-refractivity contribution in [3.63, 3.8) is 0 Å². The van der Waals surface area contributed by atoms with E-state index in [1.165, 1.54) is 5.56 Å². The fraction of sp³-hybridized carbons (Fsp3) is 0.318. The van der Waals surface area contributed by atoms with Crippen LogP contribution in [0.2, 0.25) is 0 Å². The lowest BCUT2D eigenvalue weighted by Gasteiger charge is -2.36. The number of nitrogens with one attached hydrogen (secondary N) is 1. The van der Waals surface area contributed by atoms with Crippen LogP contribution in [0.15, 0.2) is 60.9 Å². The van der Waals surface area contributed by atoms with Gasteiger partial charge in [-0.05, 0) is 36.2 Å². The van der Waals surface area contributed by atoms with Crippen LogP contribution in [0.25, 0.3) is 0 Å². The van der Waals surface area contributed by atoms with E-state index in [1.807, 2.05) is 48.8 Å². The molecule has 3 aromatic rings. The van der Waals surface area contributed by atoms with Gasteiger partial charge in [-0.25, -0.2) is 9.97 Å². The lowest BCUT2D eigenvalue weighted by atomic mass is 10.1. The summed E-state index contributed by atoms with van der Waals surface area (Å²) in [7, 11) is 1.70. The Bertz CT molecular complexity index is 912. The van der Waals surface area contributed by atoms with E-state index < -0.39 is 0 Å². The normalized spacial score (nSPS) is 14.0. The van der Waals surface area contributed by atoms with Crippen LogP contribution in [0.5, 0.6) is 5.75 Å². The van der Waals surface area contributed by atoms with Crippen molar-refractivity contribution in [1.29, 1.82) is 0 Å². The lowest BCUT2D eigenvalue weighted by molar-refractivity contribution is 0.410. The van der Waals surface area contributed by atoms with Crippen molar-refractivity contribution in [2.75, 3.05) is 55.0 Å². The van der Waals surface area contributed by atoms with Crippen LogP contribution in [-0.4, -0.2) is 54.8 Å². The predicted molar refractivity (Wildman–Crippen MR) is 116 cm³/mol. The van der Waals surface area contributed by atoms with Gasteiger partial charge in [0.05, 0.1) is 7.11 Å². The van der Waals surface area contributed by atoms with E-state index in [1.54, 1.807) is 7.11 Å². The molecule has 1 fully saturated rings. The molecule has 0 aliphatic carbocycles. The third kappa shape index (κ3) is 4.74. The molecular weight excluding hydrogens is 364 g/mol. The first-order chi connectivity index (χ1) is 14.3. The number of hydrogen-bond acceptors (Lipinski definition) is 7. The Morgan fingerprint density at radius 2 is 1.62 bits per heavy atom. The molecule has 29 heavy (non-hydrogen) atoms. The standard InChI is InChI=1S/C22H26N6O/c1-29-19-7-3-2-6-18(19)9-12-24-22-25-13-10-21(26-22)28-16-14-27(15-17-28)20-8-4-5-11-23-20/h2-8,10-11,13H,9,12,14-17H2,1H3,(H,24,25,26). The first kappa shape index (κ1) is 19.0. The average molecular weight is 390 g/mol. The van der Waals surface area contributed by atoms with Crippen molar-refractivity contribution in [1.82, 2.24) is 15.0 Å². The van der Waals surface area contributed by atoms with Gasteiger partial charge in [0.15, 0.2) is 0 Å². The Kier molecular flexibility index (Phi) is 6.04. The Labute approximate surface area is 171 Å². The molecule has 1 aliphatic heterocycles. The highest BCUT2D eigenvalue weighted by Gasteiger charge is 2.19. The number of ether oxygens (including phenoxy) is 1. The fourth-order valence-electron chi connectivity index (χ4n) is 3.53. The van der Waals surface area contributed by atoms with Crippen LogP contribution in [0.3, 0.4) is 0 Å². The third-order valence-electron chi connectivity index (χ3n) is 5.09. The minimum absolute atomic E-state index is 0.657. The topological polar surface area (TPSA) is 66.4 Å². The molecular formula is C22H26N6O. The van der Waals surface area contributed by atoms with E-state index >= 15 is 0 Å². The zero-order chi connectivity index (χ0) is 19.9. The fourth-order valence-corrected chi connectivity index (χ4v) is 3.53. The van der Waals surface area contributed by atoms with Gasteiger partial charge >= 0.3 is 0 Å². The number of pyridine rings is 1. The number of aromatic nitrogens is 3. The molecule has 1 aliphatic rings. The maximum absolute atomic E-state index is 5.41. The highest BCUT2D eigenvalue weighted by molar-refractivity contribution is 5.46. The first-order valence-electron chi connectivity index (χ1n) is 9.93. The van der Waals surface area contributed by atoms with Gasteiger partial charge in [0.2, 0.25) is 5.95 Å². The van der Waals surface area contributed by atoms with Crippen LogP contribution in [-0.2, 0) is 6.42 Å². The van der Waals surface area contributed by atoms with Gasteiger partial charge in [-0.1, -0.05) is 24.3 Å². The van der Waals surface area contributed by atoms with Crippen LogP contribution in [0.1, 0.15) is 5.56 Å². The van der Waals surface area contributed by atoms with E-state index in [2.05, 4.69) is 37.2 Å². The van der Waals surface area contributed by atoms with Gasteiger partial charge in [-0.3, -0.25) is 0 Å². The number of rotatable bonds is 7. The number of methoxy groups -OCH3 is 1. The second kappa shape index (κ2) is 9.23. The molecule has 4 rings (SSSR count). The minimum Gasteiger partial charge on any atom is -0.496 e. The monoisotopic (exact) mass is 390 g/mol. The maximum Gasteiger partial charge on any atom is 0.224 e. The van der Waals surface area contributed by atoms with Gasteiger partial charge in [0.1, 0.15) is 17.4 Å². The van der Waals surface area contributed by atoms with Crippen LogP contribution in [0.4, 0.5) is 17.6 Å². The highest BCUT2D eigenvalue weighted by Crippen LogP contribution is 2.19. The van der Waals surface area contributed by atoms with Crippen molar-refractivity contribution >= 4 is 17.6 Å². The molecule has 0 radical (unpaired) electrons. The van der Waals surface area contributed by atoms with Gasteiger partial charge in [0.25, 0.3) is 0 Å². The molecule has 1 aromatic carbocycles. The zero-order valence-corrected chi connectivity index (χ0v) is 16.7. The summed E-state index contributed by atoms with van der Waals surface area (Å²) in [6.45, 7) is 4.43. The van der Waals surface area contributed by atoms with E-state index in [0.717, 1.165) is 56.5 Å². The van der Waals surface area contributed by atoms with E-state index in [-0.39, 0.29) is 0 Å². The summed E-state index contributed by atoms with van der Waals surface area (Å²) in [5, 5.41) is 3.33. The maximum atomic E-state index is 5.41. The molecule has 3 heterocycles. The Balaban J connectivity index is 1.32. The van der Waals surface area contributed by atoms with Gasteiger partial charge in [0, 0.05) is 45.1 Å². The molecule has 0 bridgehead atoms. The molecule has 1 N–H and O–H groups in total. The van der Waals surface area contributed by atoms with Crippen molar-refractivity contribution < 1.29 is 4.74 Å². The van der Waals surface area contributed by atoms with Gasteiger partial charge < -0.3 is 19.9 Å². The summed E-state index contributed by atoms with van der Waals surface area (Å²) in [5.74, 6) is 3.56. The zero-order valence-electron chi connectivity index (χ0n) is 16.7. The molecule has 0 spiro atoms. The highest BCUT2D eigenvalue weighted by atomic mass is 16.5. The number of anilines is 3. The SMILES string of the molecule is COc1ccccc1CCNc1nccc(N2CCN(c3ccccn3)CC2)n1. The molecule has 2 aromatic heterocycles. The minimum atomic E-state index is 0.657. The second-order valence-corrected chi connectivity index (χ2v) is 6.89. The largest absolute Gasteiger partial charge is 0.496 e. The quantitative estimate of drug-likeness (QED) is 0.665. The van der Waals surface area contributed by atoms with Crippen molar-refractivity contribution in [2.45, 2.75) is 6.42 Å². The third-order valence-corrected chi connectivity index (χ3v) is 5.09. The van der Waals surface area contributed by atoms with E-state index in [0.29, 0.717) is 5.95 Å². The van der Waals surface area contributed by atoms with Crippen molar-refractivity contribution in [3.05, 3.63) is 66.5 Å². The van der Waals surface area contributed by atoms with Crippen LogP contribution < -0.4 is 19.9 Å². The first-order valence-corrected chi connectivity index (χ1v) is 9.93. The van der Waals surface area contributed by atoms with Crippen molar-refractivity contribution in [2.24, 2.45) is 0 Å². The average Bonchev–Trinajstić information content (AvgIpc) is 2.80. The summed E-state index contributed by atoms with van der Waals surface area (Å²) >= 11 is 0. The molecule has 0 unspecified atom stereocenters. The summed E-state index contributed by atoms with van der Waals surface area (Å²) in [6, 6.07) is 16.1. The summed E-state index contributed by atoms with van der Waals surface area (Å²) in [5.41, 5.74) is 1.17. The smallest absolute Gasteiger partial charge is 0.224 e. The van der Waals surface area contributed by atoms with Gasteiger partial charge in [-0.15, -0.1) is 0 Å². The van der Waals surface area contributed by atoms with Crippen molar-refractivity contribution in [3.8, 4) is 5.75 Å². The van der Waals surface area contributed by atoms with E-state index in [9.17, 15) is 0 Å². The summed E-state index contributed by atoms with van der Waals surface area (Å²) in [4.78, 5) is 18.1. The Morgan fingerprint density at radius 3 is 2.38 bits per heavy atom. The number of para-hydroxylation sites is 1. The summed E-state index contributed by atoms with van der Waals surface area (Å²) < 4.78 is 5.41. The molecule has 150 valence electrons. The molecule has 0 saturated carbocycles. The second-order valence-electron chi connectivity index (χ2n) is 6.89. The predicted octanol–water partition coefficient (Wildman–Crippen LogP) is 2.86. The van der Waals surface area contributed by atoms with E-state index in [4.69, 9.17) is 9.72 Å². The molecule has 1 saturated heterocycles. The summed E-state index contributed by atoms with van der Waals surface area (Å²) in [6.07, 6.45) is 4.51. The lowest BCUT2D eigenvalue weighted by Crippen LogP contribution is -2.47. The number of nitrogens with zero attached hydrogens (tertiary/aromatic N) is 5. The Morgan fingerprint density at radius 1 is 0.862 bits per heavy atom. The molecule has 7 heteroatoms. The Hall–Kier alpha value is -3.35. The number of benzene rings is 1. The van der Waals surface area contributed by atoms with Gasteiger partial charge in [-0.2, -0.15) is 4.98 Å². The molecule has 0 amide bonds.